The fraction of sp³-hybridized carbons (Fsp3) is 0.786. The Hall–Kier alpha value is -0.660. The molecule has 1 aliphatic carbocycles. The second kappa shape index (κ2) is 6.62. The minimum atomic E-state index is -3.32. The van der Waals surface area contributed by atoms with Crippen LogP contribution in [0, 0.1) is 0 Å². The number of sulfonamides is 1. The Morgan fingerprint density at radius 2 is 2.00 bits per heavy atom. The molecule has 0 atom stereocenters. The molecule has 1 fully saturated rings. The summed E-state index contributed by atoms with van der Waals surface area (Å²) in [6.07, 6.45) is 5.21. The molecular formula is C14H24N2O3S2. The summed E-state index contributed by atoms with van der Waals surface area (Å²) in [6, 6.07) is 0. The van der Waals surface area contributed by atoms with Gasteiger partial charge in [0.25, 0.3) is 0 Å². The van der Waals surface area contributed by atoms with Crippen molar-refractivity contribution < 1.29 is 13.5 Å². The lowest BCUT2D eigenvalue weighted by Gasteiger charge is -2.23. The van der Waals surface area contributed by atoms with Crippen molar-refractivity contribution in [3.63, 3.8) is 0 Å². The first-order valence-electron chi connectivity index (χ1n) is 7.57. The van der Waals surface area contributed by atoms with Gasteiger partial charge < -0.3 is 5.11 Å². The normalized spacial score (nSPS) is 17.3. The summed E-state index contributed by atoms with van der Waals surface area (Å²) in [6.45, 7) is 3.89. The Morgan fingerprint density at radius 3 is 2.57 bits per heavy atom. The maximum atomic E-state index is 12.2. The first-order chi connectivity index (χ1) is 9.88. The van der Waals surface area contributed by atoms with Gasteiger partial charge in [-0.3, -0.25) is 4.72 Å². The first kappa shape index (κ1) is 16.7. The van der Waals surface area contributed by atoms with E-state index in [1.54, 1.807) is 0 Å². The molecule has 0 amide bonds. The monoisotopic (exact) mass is 332 g/mol. The zero-order chi connectivity index (χ0) is 15.5. The molecule has 7 heteroatoms. The summed E-state index contributed by atoms with van der Waals surface area (Å²) in [5, 5.41) is 12.3. The van der Waals surface area contributed by atoms with Crippen molar-refractivity contribution in [2.24, 2.45) is 0 Å². The van der Waals surface area contributed by atoms with Gasteiger partial charge in [-0.2, -0.15) is 0 Å². The molecule has 0 aromatic carbocycles. The molecule has 1 aromatic rings. The zero-order valence-corrected chi connectivity index (χ0v) is 14.3. The van der Waals surface area contributed by atoms with E-state index in [9.17, 15) is 13.5 Å². The second-order valence-corrected chi connectivity index (χ2v) is 8.62. The topological polar surface area (TPSA) is 79.3 Å². The lowest BCUT2D eigenvalue weighted by atomic mass is 9.92. The van der Waals surface area contributed by atoms with E-state index in [4.69, 9.17) is 0 Å². The van der Waals surface area contributed by atoms with Gasteiger partial charge in [-0.15, -0.1) is 11.3 Å². The van der Waals surface area contributed by atoms with Crippen molar-refractivity contribution in [1.82, 2.24) is 4.98 Å². The molecule has 2 rings (SSSR count). The van der Waals surface area contributed by atoms with Crippen LogP contribution in [0.2, 0.25) is 0 Å². The van der Waals surface area contributed by atoms with Crippen LogP contribution >= 0.6 is 11.3 Å². The molecule has 0 saturated heterocycles. The lowest BCUT2D eigenvalue weighted by molar-refractivity contribution is 0.0319. The molecule has 0 bridgehead atoms. The van der Waals surface area contributed by atoms with E-state index in [0.29, 0.717) is 24.4 Å². The van der Waals surface area contributed by atoms with E-state index < -0.39 is 15.6 Å². The average molecular weight is 332 g/mol. The van der Waals surface area contributed by atoms with Crippen LogP contribution in [-0.4, -0.2) is 29.4 Å². The maximum Gasteiger partial charge on any atom is 0.237 e. The van der Waals surface area contributed by atoms with Gasteiger partial charge in [0.15, 0.2) is 5.13 Å². The van der Waals surface area contributed by atoms with Crippen molar-refractivity contribution in [3.05, 3.63) is 11.1 Å². The molecule has 120 valence electrons. The van der Waals surface area contributed by atoms with Gasteiger partial charge in [-0.1, -0.05) is 26.7 Å². The van der Waals surface area contributed by atoms with Crippen LogP contribution in [0.4, 0.5) is 5.13 Å². The second-order valence-electron chi connectivity index (χ2n) is 5.81. The third kappa shape index (κ3) is 4.17. The SMILES string of the molecule is CCC(O)(CC)Cc1csc(NS(=O)(=O)C2CCCC2)n1. The Labute approximate surface area is 130 Å². The number of aromatic nitrogens is 1. The highest BCUT2D eigenvalue weighted by atomic mass is 32.2. The Balaban J connectivity index is 2.03. The van der Waals surface area contributed by atoms with Crippen LogP contribution in [-0.2, 0) is 16.4 Å². The predicted molar refractivity (Wildman–Crippen MR) is 86.1 cm³/mol. The minimum Gasteiger partial charge on any atom is -0.390 e. The highest BCUT2D eigenvalue weighted by molar-refractivity contribution is 7.93. The summed E-state index contributed by atoms with van der Waals surface area (Å²) in [7, 11) is -3.32. The lowest BCUT2D eigenvalue weighted by Crippen LogP contribution is -2.29. The van der Waals surface area contributed by atoms with E-state index in [1.165, 1.54) is 11.3 Å². The number of rotatable bonds is 7. The Kier molecular flexibility index (Phi) is 5.27. The summed E-state index contributed by atoms with van der Waals surface area (Å²) in [5.41, 5.74) is -0.00863. The first-order valence-corrected chi connectivity index (χ1v) is 9.99. The molecule has 1 saturated carbocycles. The summed E-state index contributed by atoms with van der Waals surface area (Å²) in [5.74, 6) is 0. The van der Waals surface area contributed by atoms with Crippen LogP contribution in [0.15, 0.2) is 5.38 Å². The number of nitrogens with zero attached hydrogens (tertiary/aromatic N) is 1. The van der Waals surface area contributed by atoms with Crippen LogP contribution in [0.25, 0.3) is 0 Å². The van der Waals surface area contributed by atoms with Crippen LogP contribution in [0.5, 0.6) is 0 Å². The van der Waals surface area contributed by atoms with Crippen LogP contribution in [0.1, 0.15) is 58.1 Å². The van der Waals surface area contributed by atoms with Gasteiger partial charge in [0.1, 0.15) is 0 Å². The average Bonchev–Trinajstić information content (AvgIpc) is 3.10. The number of hydrogen-bond acceptors (Lipinski definition) is 5. The Morgan fingerprint density at radius 1 is 1.38 bits per heavy atom. The van der Waals surface area contributed by atoms with Gasteiger partial charge in [0.2, 0.25) is 10.0 Å². The van der Waals surface area contributed by atoms with Gasteiger partial charge >= 0.3 is 0 Å². The van der Waals surface area contributed by atoms with Gasteiger partial charge in [0, 0.05) is 11.8 Å². The van der Waals surface area contributed by atoms with Crippen LogP contribution < -0.4 is 4.72 Å². The number of thiazole rings is 1. The molecule has 0 unspecified atom stereocenters. The summed E-state index contributed by atoms with van der Waals surface area (Å²) < 4.78 is 27.0. The summed E-state index contributed by atoms with van der Waals surface area (Å²) >= 11 is 1.28. The molecule has 1 aliphatic rings. The smallest absolute Gasteiger partial charge is 0.237 e. The molecule has 0 aliphatic heterocycles. The molecule has 1 aromatic heterocycles. The van der Waals surface area contributed by atoms with E-state index in [0.717, 1.165) is 31.4 Å². The standard InChI is InChI=1S/C14H24N2O3S2/c1-3-14(17,4-2)9-11-10-20-13(15-11)16-21(18,19)12-7-5-6-8-12/h10,12,17H,3-9H2,1-2H3,(H,15,16). The molecule has 0 spiro atoms. The van der Waals surface area contributed by atoms with Crippen molar-refractivity contribution in [3.8, 4) is 0 Å². The van der Waals surface area contributed by atoms with Gasteiger partial charge in [0.05, 0.1) is 16.5 Å². The zero-order valence-electron chi connectivity index (χ0n) is 12.6. The highest BCUT2D eigenvalue weighted by Gasteiger charge is 2.30. The molecule has 21 heavy (non-hydrogen) atoms. The van der Waals surface area contributed by atoms with Gasteiger partial charge in [-0.05, 0) is 25.7 Å². The highest BCUT2D eigenvalue weighted by Crippen LogP contribution is 2.28. The third-order valence-electron chi connectivity index (χ3n) is 4.35. The fourth-order valence-electron chi connectivity index (χ4n) is 2.68. The van der Waals surface area contributed by atoms with Crippen molar-refractivity contribution in [1.29, 1.82) is 0 Å². The third-order valence-corrected chi connectivity index (χ3v) is 7.11. The minimum absolute atomic E-state index is 0.284. The van der Waals surface area contributed by atoms with E-state index in [2.05, 4.69) is 9.71 Å². The molecular weight excluding hydrogens is 308 g/mol. The quantitative estimate of drug-likeness (QED) is 0.804. The molecule has 1 heterocycles. The van der Waals surface area contributed by atoms with E-state index in [1.807, 2.05) is 19.2 Å². The number of nitrogens with one attached hydrogen (secondary N) is 1. The molecule has 5 nitrogen and oxygen atoms in total. The van der Waals surface area contributed by atoms with Crippen molar-refractivity contribution in [2.45, 2.75) is 69.6 Å². The van der Waals surface area contributed by atoms with E-state index in [-0.39, 0.29) is 5.25 Å². The van der Waals surface area contributed by atoms with Crippen LogP contribution in [0.3, 0.4) is 0 Å². The largest absolute Gasteiger partial charge is 0.390 e. The van der Waals surface area contributed by atoms with Crippen molar-refractivity contribution in [2.75, 3.05) is 4.72 Å². The number of anilines is 1. The fourth-order valence-corrected chi connectivity index (χ4v) is 5.18. The van der Waals surface area contributed by atoms with Crippen molar-refractivity contribution >= 4 is 26.5 Å². The number of aliphatic hydroxyl groups is 1. The molecule has 2 N–H and O–H groups in total. The predicted octanol–water partition coefficient (Wildman–Crippen LogP) is 2.92. The molecule has 0 radical (unpaired) electrons. The maximum absolute atomic E-state index is 12.2. The number of hydrogen-bond donors (Lipinski definition) is 2. The van der Waals surface area contributed by atoms with E-state index >= 15 is 0 Å². The summed E-state index contributed by atoms with van der Waals surface area (Å²) in [4.78, 5) is 4.32. The van der Waals surface area contributed by atoms with Gasteiger partial charge in [-0.25, -0.2) is 13.4 Å². The Bertz CT molecular complexity index is 559.